The molecular formula is C28H18F5N5O4. The van der Waals surface area contributed by atoms with E-state index in [4.69, 9.17) is 4.74 Å². The molecule has 4 aromatic heterocycles. The summed E-state index contributed by atoms with van der Waals surface area (Å²) in [5.41, 5.74) is -3.33. The molecule has 14 heteroatoms. The number of halogens is 5. The van der Waals surface area contributed by atoms with Crippen molar-refractivity contribution in [2.24, 2.45) is 0 Å². The van der Waals surface area contributed by atoms with Gasteiger partial charge in [0, 0.05) is 30.2 Å². The number of alkyl halides is 3. The van der Waals surface area contributed by atoms with Crippen molar-refractivity contribution in [1.29, 1.82) is 0 Å². The number of hydrogen-bond acceptors (Lipinski definition) is 7. The van der Waals surface area contributed by atoms with Crippen molar-refractivity contribution in [2.75, 3.05) is 5.32 Å². The van der Waals surface area contributed by atoms with Crippen LogP contribution >= 0.6 is 0 Å². The minimum atomic E-state index is -4.83. The molecule has 3 N–H and O–H groups in total. The predicted octanol–water partition coefficient (Wildman–Crippen LogP) is 6.04. The average molecular weight is 583 g/mol. The molecule has 0 saturated carbocycles. The van der Waals surface area contributed by atoms with Crippen LogP contribution in [0.1, 0.15) is 27.2 Å². The highest BCUT2D eigenvalue weighted by Crippen LogP contribution is 2.41. The Balaban J connectivity index is 1.67. The topological polar surface area (TPSA) is 130 Å². The Kier molecular flexibility index (Phi) is 7.06. The van der Waals surface area contributed by atoms with Crippen LogP contribution in [0.15, 0.2) is 59.8 Å². The number of aromatic nitrogens is 4. The van der Waals surface area contributed by atoms with Gasteiger partial charge >= 0.3 is 6.18 Å². The highest BCUT2D eigenvalue weighted by atomic mass is 19.4. The van der Waals surface area contributed by atoms with Gasteiger partial charge in [-0.1, -0.05) is 0 Å². The van der Waals surface area contributed by atoms with E-state index in [2.05, 4.69) is 25.3 Å². The van der Waals surface area contributed by atoms with E-state index >= 15 is 0 Å². The largest absolute Gasteiger partial charge is 0.504 e. The number of fused-ring (bicyclic) bond motifs is 1. The minimum Gasteiger partial charge on any atom is -0.504 e. The molecule has 0 aliphatic rings. The van der Waals surface area contributed by atoms with Gasteiger partial charge in [-0.05, 0) is 49.7 Å². The summed E-state index contributed by atoms with van der Waals surface area (Å²) in [6.45, 7) is 2.35. The number of aromatic hydroxyl groups is 1. The molecule has 0 unspecified atom stereocenters. The Bertz CT molecular complexity index is 1940. The lowest BCUT2D eigenvalue weighted by atomic mass is 10.0. The summed E-state index contributed by atoms with van der Waals surface area (Å²) in [5.74, 6) is -4.42. The Labute approximate surface area is 232 Å². The quantitative estimate of drug-likeness (QED) is 0.215. The molecule has 0 saturated heterocycles. The zero-order valence-corrected chi connectivity index (χ0v) is 21.6. The first kappa shape index (κ1) is 28.1. The van der Waals surface area contributed by atoms with Gasteiger partial charge in [-0.3, -0.25) is 14.6 Å². The lowest BCUT2D eigenvalue weighted by Crippen LogP contribution is -2.18. The lowest BCUT2D eigenvalue weighted by Gasteiger charge is -2.18. The molecule has 0 fully saturated rings. The van der Waals surface area contributed by atoms with Crippen molar-refractivity contribution in [2.45, 2.75) is 20.0 Å². The molecule has 1 amide bonds. The monoisotopic (exact) mass is 583 g/mol. The zero-order chi connectivity index (χ0) is 30.3. The van der Waals surface area contributed by atoms with Crippen molar-refractivity contribution >= 4 is 22.6 Å². The fourth-order valence-corrected chi connectivity index (χ4v) is 4.28. The number of aromatic amines is 1. The van der Waals surface area contributed by atoms with E-state index < -0.39 is 40.6 Å². The molecule has 214 valence electrons. The van der Waals surface area contributed by atoms with Gasteiger partial charge in [0.2, 0.25) is 5.88 Å². The van der Waals surface area contributed by atoms with E-state index in [1.165, 1.54) is 37.5 Å². The zero-order valence-electron chi connectivity index (χ0n) is 21.6. The third-order valence-electron chi connectivity index (χ3n) is 6.35. The van der Waals surface area contributed by atoms with E-state index in [1.54, 1.807) is 0 Å². The Morgan fingerprint density at radius 2 is 1.79 bits per heavy atom. The molecule has 0 radical (unpaired) electrons. The van der Waals surface area contributed by atoms with E-state index in [0.29, 0.717) is 6.20 Å². The van der Waals surface area contributed by atoms with Gasteiger partial charge in [-0.2, -0.15) is 13.2 Å². The summed E-state index contributed by atoms with van der Waals surface area (Å²) in [7, 11) is 0. The number of hydrogen-bond donors (Lipinski definition) is 3. The molecule has 9 nitrogen and oxygen atoms in total. The third kappa shape index (κ3) is 5.09. The van der Waals surface area contributed by atoms with Crippen LogP contribution in [0, 0.1) is 25.5 Å². The summed E-state index contributed by atoms with van der Waals surface area (Å²) in [6.07, 6.45) is -1.79. The van der Waals surface area contributed by atoms with Crippen molar-refractivity contribution in [3.8, 4) is 28.6 Å². The summed E-state index contributed by atoms with van der Waals surface area (Å²) >= 11 is 0. The second-order valence-corrected chi connectivity index (χ2v) is 9.02. The molecule has 5 aromatic rings. The van der Waals surface area contributed by atoms with Crippen LogP contribution in [0.3, 0.4) is 0 Å². The number of H-pyrrole nitrogens is 1. The molecule has 0 aliphatic carbocycles. The predicted molar refractivity (Wildman–Crippen MR) is 140 cm³/mol. The normalized spacial score (nSPS) is 11.5. The number of carbonyl (C=O) groups excluding carboxylic acids is 1. The fraction of sp³-hybridized carbons (Fsp3) is 0.107. The summed E-state index contributed by atoms with van der Waals surface area (Å²) < 4.78 is 75.0. The van der Waals surface area contributed by atoms with Gasteiger partial charge in [-0.15, -0.1) is 0 Å². The SMILES string of the molecule is Cc1c(Oc2ncc(C(F)(F)F)c(C)c2-c2cc(=O)c3c(C(=O)Nc4ncccc4O)nccc3[nH]2)ccc(F)c1F. The van der Waals surface area contributed by atoms with Crippen LogP contribution < -0.4 is 15.5 Å². The average Bonchev–Trinajstić information content (AvgIpc) is 2.93. The number of anilines is 1. The standard InChI is InChI=1S/C28H18F5N5O4/c1-12-14(28(31,32)33)11-36-27(42-20-6-5-15(29)23(30)13(20)2)21(12)17-10-19(40)22-16(37-17)7-9-34-24(22)26(41)38-25-18(39)4-3-8-35-25/h3-11,39H,1-2H3,(H,37,40)(H,35,38,41). The highest BCUT2D eigenvalue weighted by Gasteiger charge is 2.35. The summed E-state index contributed by atoms with van der Waals surface area (Å²) in [5, 5.41) is 12.1. The van der Waals surface area contributed by atoms with E-state index in [0.717, 1.165) is 25.1 Å². The molecule has 4 heterocycles. The fourth-order valence-electron chi connectivity index (χ4n) is 4.28. The number of benzene rings is 1. The third-order valence-corrected chi connectivity index (χ3v) is 6.35. The number of pyridine rings is 4. The van der Waals surface area contributed by atoms with Crippen LogP contribution in [-0.2, 0) is 6.18 Å². The smallest absolute Gasteiger partial charge is 0.418 e. The second-order valence-electron chi connectivity index (χ2n) is 9.02. The first-order valence-corrected chi connectivity index (χ1v) is 12.0. The van der Waals surface area contributed by atoms with Gasteiger partial charge in [0.05, 0.1) is 27.7 Å². The Morgan fingerprint density at radius 3 is 2.50 bits per heavy atom. The van der Waals surface area contributed by atoms with Gasteiger partial charge in [-0.25, -0.2) is 18.7 Å². The molecule has 0 aliphatic heterocycles. The van der Waals surface area contributed by atoms with Crippen LogP contribution in [0.4, 0.5) is 27.8 Å². The lowest BCUT2D eigenvalue weighted by molar-refractivity contribution is -0.138. The number of carbonyl (C=O) groups is 1. The van der Waals surface area contributed by atoms with Crippen LogP contribution in [0.5, 0.6) is 17.4 Å². The van der Waals surface area contributed by atoms with Crippen molar-refractivity contribution in [3.63, 3.8) is 0 Å². The van der Waals surface area contributed by atoms with E-state index in [1.807, 2.05) is 0 Å². The molecule has 0 spiro atoms. The van der Waals surface area contributed by atoms with Crippen LogP contribution in [-0.4, -0.2) is 30.9 Å². The molecular weight excluding hydrogens is 565 g/mol. The maximum Gasteiger partial charge on any atom is 0.418 e. The van der Waals surface area contributed by atoms with E-state index in [9.17, 15) is 36.6 Å². The van der Waals surface area contributed by atoms with Crippen molar-refractivity contribution in [1.82, 2.24) is 19.9 Å². The van der Waals surface area contributed by atoms with E-state index in [-0.39, 0.29) is 56.3 Å². The number of rotatable bonds is 5. The van der Waals surface area contributed by atoms with Gasteiger partial charge in [0.15, 0.2) is 28.6 Å². The van der Waals surface area contributed by atoms with Crippen molar-refractivity contribution in [3.05, 3.63) is 99.2 Å². The van der Waals surface area contributed by atoms with Crippen LogP contribution in [0.2, 0.25) is 0 Å². The first-order chi connectivity index (χ1) is 19.9. The molecule has 0 atom stereocenters. The summed E-state index contributed by atoms with van der Waals surface area (Å²) in [4.78, 5) is 40.7. The number of amides is 1. The maximum atomic E-state index is 14.2. The van der Waals surface area contributed by atoms with Gasteiger partial charge in [0.1, 0.15) is 11.4 Å². The Morgan fingerprint density at radius 1 is 1.02 bits per heavy atom. The number of nitrogens with one attached hydrogen (secondary N) is 2. The van der Waals surface area contributed by atoms with Gasteiger partial charge < -0.3 is 20.1 Å². The molecule has 1 aromatic carbocycles. The molecule has 42 heavy (non-hydrogen) atoms. The maximum absolute atomic E-state index is 14.2. The van der Waals surface area contributed by atoms with Crippen molar-refractivity contribution < 1.29 is 36.6 Å². The van der Waals surface area contributed by atoms with Crippen LogP contribution in [0.25, 0.3) is 22.2 Å². The minimum absolute atomic E-state index is 0.0228. The summed E-state index contributed by atoms with van der Waals surface area (Å²) in [6, 6.07) is 6.86. The first-order valence-electron chi connectivity index (χ1n) is 12.0. The molecule has 5 rings (SSSR count). The molecule has 0 bridgehead atoms. The number of ether oxygens (including phenoxy) is 1. The van der Waals surface area contributed by atoms with Gasteiger partial charge in [0.25, 0.3) is 5.91 Å². The second kappa shape index (κ2) is 10.5. The number of nitrogens with zero attached hydrogens (tertiary/aromatic N) is 3. The highest BCUT2D eigenvalue weighted by molar-refractivity contribution is 6.11. The Hall–Kier alpha value is -5.40.